The quantitative estimate of drug-likeness (QED) is 0.678. The van der Waals surface area contributed by atoms with Gasteiger partial charge in [-0.1, -0.05) is 18.2 Å². The lowest BCUT2D eigenvalue weighted by Gasteiger charge is -2.27. The number of anilines is 1. The van der Waals surface area contributed by atoms with E-state index >= 15 is 0 Å². The van der Waals surface area contributed by atoms with Crippen LogP contribution in [0.1, 0.15) is 19.3 Å². The lowest BCUT2D eigenvalue weighted by atomic mass is 9.93. The monoisotopic (exact) mass is 147 g/mol. The molecule has 0 unspecified atom stereocenters. The molecule has 0 saturated heterocycles. The Morgan fingerprint density at radius 2 is 1.82 bits per heavy atom. The summed E-state index contributed by atoms with van der Waals surface area (Å²) >= 11 is 0. The molecule has 1 aromatic rings. The summed E-state index contributed by atoms with van der Waals surface area (Å²) in [5.74, 6) is 0. The summed E-state index contributed by atoms with van der Waals surface area (Å²) in [6.07, 6.45) is 4.08. The van der Waals surface area contributed by atoms with E-state index in [2.05, 4.69) is 29.6 Å². The molecule has 11 heavy (non-hydrogen) atoms. The van der Waals surface area contributed by atoms with Crippen molar-refractivity contribution in [2.75, 3.05) is 5.32 Å². The van der Waals surface area contributed by atoms with Crippen LogP contribution in [-0.4, -0.2) is 6.04 Å². The molecule has 1 saturated carbocycles. The van der Waals surface area contributed by atoms with Crippen LogP contribution in [0, 0.1) is 0 Å². The summed E-state index contributed by atoms with van der Waals surface area (Å²) in [5.41, 5.74) is 1.26. The fourth-order valence-electron chi connectivity index (χ4n) is 1.32. The van der Waals surface area contributed by atoms with Crippen molar-refractivity contribution in [3.05, 3.63) is 30.3 Å². The SMILES string of the molecule is c1ccc(NC2CCC2)cc1. The van der Waals surface area contributed by atoms with Gasteiger partial charge in [0.2, 0.25) is 0 Å². The standard InChI is InChI=1S/C10H13N/c1-2-5-9(6-3-1)11-10-7-4-8-10/h1-3,5-6,10-11H,4,7-8H2. The first-order valence-electron chi connectivity index (χ1n) is 4.27. The normalized spacial score (nSPS) is 17.5. The van der Waals surface area contributed by atoms with Crippen LogP contribution in [0.15, 0.2) is 30.3 Å². The number of rotatable bonds is 2. The predicted molar refractivity (Wildman–Crippen MR) is 47.7 cm³/mol. The van der Waals surface area contributed by atoms with Gasteiger partial charge in [-0.3, -0.25) is 0 Å². The molecule has 1 N–H and O–H groups in total. The maximum Gasteiger partial charge on any atom is 0.0342 e. The van der Waals surface area contributed by atoms with E-state index in [1.807, 2.05) is 6.07 Å². The Morgan fingerprint density at radius 1 is 1.09 bits per heavy atom. The van der Waals surface area contributed by atoms with Crippen LogP contribution in [0.5, 0.6) is 0 Å². The molecule has 0 aromatic heterocycles. The van der Waals surface area contributed by atoms with Crippen LogP contribution in [0.4, 0.5) is 5.69 Å². The summed E-state index contributed by atoms with van der Waals surface area (Å²) in [6, 6.07) is 11.2. The first kappa shape index (κ1) is 6.71. The molecule has 1 nitrogen and oxygen atoms in total. The Kier molecular flexibility index (Phi) is 1.80. The molecule has 0 atom stereocenters. The maximum absolute atomic E-state index is 3.48. The van der Waals surface area contributed by atoms with Crippen LogP contribution >= 0.6 is 0 Å². The Bertz CT molecular complexity index is 214. The van der Waals surface area contributed by atoms with Gasteiger partial charge in [-0.15, -0.1) is 0 Å². The molecule has 1 aromatic carbocycles. The summed E-state index contributed by atoms with van der Waals surface area (Å²) in [7, 11) is 0. The molecule has 1 fully saturated rings. The van der Waals surface area contributed by atoms with Gasteiger partial charge < -0.3 is 5.32 Å². The highest BCUT2D eigenvalue weighted by Crippen LogP contribution is 2.22. The van der Waals surface area contributed by atoms with Gasteiger partial charge in [-0.2, -0.15) is 0 Å². The molecule has 0 heterocycles. The Hall–Kier alpha value is -0.980. The fraction of sp³-hybridized carbons (Fsp3) is 0.400. The van der Waals surface area contributed by atoms with E-state index < -0.39 is 0 Å². The Balaban J connectivity index is 1.95. The molecule has 0 bridgehead atoms. The minimum Gasteiger partial charge on any atom is -0.382 e. The van der Waals surface area contributed by atoms with Gasteiger partial charge >= 0.3 is 0 Å². The molecule has 1 aliphatic rings. The number of hydrogen-bond donors (Lipinski definition) is 1. The van der Waals surface area contributed by atoms with Crippen molar-refractivity contribution >= 4 is 5.69 Å². The van der Waals surface area contributed by atoms with E-state index in [1.54, 1.807) is 0 Å². The van der Waals surface area contributed by atoms with Crippen LogP contribution in [0.25, 0.3) is 0 Å². The molecular weight excluding hydrogens is 134 g/mol. The predicted octanol–water partition coefficient (Wildman–Crippen LogP) is 2.65. The highest BCUT2D eigenvalue weighted by atomic mass is 14.9. The van der Waals surface area contributed by atoms with Crippen molar-refractivity contribution in [2.24, 2.45) is 0 Å². The lowest BCUT2D eigenvalue weighted by molar-refractivity contribution is 0.445. The van der Waals surface area contributed by atoms with Crippen molar-refractivity contribution in [1.29, 1.82) is 0 Å². The average Bonchev–Trinajstić information content (AvgIpc) is 1.99. The first-order chi connectivity index (χ1) is 5.45. The molecule has 2 rings (SSSR count). The molecular formula is C10H13N. The lowest BCUT2D eigenvalue weighted by Crippen LogP contribution is -2.26. The highest BCUT2D eigenvalue weighted by Gasteiger charge is 2.15. The molecule has 0 amide bonds. The minimum absolute atomic E-state index is 0.748. The van der Waals surface area contributed by atoms with Crippen LogP contribution in [0.3, 0.4) is 0 Å². The van der Waals surface area contributed by atoms with Crippen LogP contribution in [0.2, 0.25) is 0 Å². The smallest absolute Gasteiger partial charge is 0.0342 e. The number of benzene rings is 1. The van der Waals surface area contributed by atoms with Crippen molar-refractivity contribution in [3.8, 4) is 0 Å². The van der Waals surface area contributed by atoms with Crippen molar-refractivity contribution in [2.45, 2.75) is 25.3 Å². The first-order valence-corrected chi connectivity index (χ1v) is 4.27. The van der Waals surface area contributed by atoms with E-state index in [0.29, 0.717) is 0 Å². The zero-order valence-electron chi connectivity index (χ0n) is 6.59. The van der Waals surface area contributed by atoms with E-state index in [0.717, 1.165) is 6.04 Å². The zero-order valence-corrected chi connectivity index (χ0v) is 6.59. The summed E-state index contributed by atoms with van der Waals surface area (Å²) in [4.78, 5) is 0. The Morgan fingerprint density at radius 3 is 2.36 bits per heavy atom. The molecule has 0 spiro atoms. The Labute approximate surface area is 67.4 Å². The van der Waals surface area contributed by atoms with Gasteiger partial charge in [0.15, 0.2) is 0 Å². The van der Waals surface area contributed by atoms with Crippen LogP contribution < -0.4 is 5.32 Å². The molecule has 58 valence electrons. The van der Waals surface area contributed by atoms with Crippen molar-refractivity contribution < 1.29 is 0 Å². The number of hydrogen-bond acceptors (Lipinski definition) is 1. The van der Waals surface area contributed by atoms with Gasteiger partial charge in [0, 0.05) is 11.7 Å². The number of para-hydroxylation sites is 1. The molecule has 0 radical (unpaired) electrons. The highest BCUT2D eigenvalue weighted by molar-refractivity contribution is 5.43. The van der Waals surface area contributed by atoms with Crippen molar-refractivity contribution in [3.63, 3.8) is 0 Å². The third-order valence-electron chi connectivity index (χ3n) is 2.25. The minimum atomic E-state index is 0.748. The van der Waals surface area contributed by atoms with Crippen molar-refractivity contribution in [1.82, 2.24) is 0 Å². The molecule has 1 aliphatic carbocycles. The average molecular weight is 147 g/mol. The van der Waals surface area contributed by atoms with Gasteiger partial charge in [0.25, 0.3) is 0 Å². The van der Waals surface area contributed by atoms with Crippen LogP contribution in [-0.2, 0) is 0 Å². The van der Waals surface area contributed by atoms with E-state index in [4.69, 9.17) is 0 Å². The van der Waals surface area contributed by atoms with Gasteiger partial charge in [0.05, 0.1) is 0 Å². The van der Waals surface area contributed by atoms with E-state index in [-0.39, 0.29) is 0 Å². The second-order valence-corrected chi connectivity index (χ2v) is 3.14. The maximum atomic E-state index is 3.48. The fourth-order valence-corrected chi connectivity index (χ4v) is 1.32. The summed E-state index contributed by atoms with van der Waals surface area (Å²) < 4.78 is 0. The summed E-state index contributed by atoms with van der Waals surface area (Å²) in [5, 5.41) is 3.48. The third-order valence-corrected chi connectivity index (χ3v) is 2.25. The summed E-state index contributed by atoms with van der Waals surface area (Å²) in [6.45, 7) is 0. The third kappa shape index (κ3) is 1.53. The largest absolute Gasteiger partial charge is 0.382 e. The van der Waals surface area contributed by atoms with E-state index in [1.165, 1.54) is 24.9 Å². The molecule has 1 heteroatoms. The second-order valence-electron chi connectivity index (χ2n) is 3.14. The van der Waals surface area contributed by atoms with Gasteiger partial charge in [0.1, 0.15) is 0 Å². The second kappa shape index (κ2) is 2.95. The molecule has 0 aliphatic heterocycles. The van der Waals surface area contributed by atoms with Gasteiger partial charge in [-0.25, -0.2) is 0 Å². The topological polar surface area (TPSA) is 12.0 Å². The van der Waals surface area contributed by atoms with E-state index in [9.17, 15) is 0 Å². The van der Waals surface area contributed by atoms with Gasteiger partial charge in [-0.05, 0) is 31.4 Å². The number of nitrogens with one attached hydrogen (secondary N) is 1. The zero-order chi connectivity index (χ0) is 7.52.